The van der Waals surface area contributed by atoms with Crippen LogP contribution >= 0.6 is 0 Å². The first-order valence-corrected chi connectivity index (χ1v) is 6.19. The zero-order valence-electron chi connectivity index (χ0n) is 12.0. The van der Waals surface area contributed by atoms with Crippen molar-refractivity contribution in [2.24, 2.45) is 0 Å². The van der Waals surface area contributed by atoms with Crippen molar-refractivity contribution < 1.29 is 27.8 Å². The van der Waals surface area contributed by atoms with Gasteiger partial charge in [-0.05, 0) is 38.5 Å². The number of aliphatic hydroxyl groups excluding tert-OH is 1. The van der Waals surface area contributed by atoms with E-state index in [-0.39, 0.29) is 11.1 Å². The van der Waals surface area contributed by atoms with E-state index in [0.29, 0.717) is 0 Å². The van der Waals surface area contributed by atoms with Crippen molar-refractivity contribution in [1.29, 1.82) is 0 Å². The van der Waals surface area contributed by atoms with Crippen molar-refractivity contribution in [3.8, 4) is 0 Å². The first kappa shape index (κ1) is 17.2. The highest BCUT2D eigenvalue weighted by Gasteiger charge is 2.31. The highest BCUT2D eigenvalue weighted by atomic mass is 19.4. The third-order valence-electron chi connectivity index (χ3n) is 2.54. The number of hydrogen-bond acceptors (Lipinski definition) is 3. The number of aliphatic hydroxyl groups is 1. The molecule has 1 atom stereocenters. The summed E-state index contributed by atoms with van der Waals surface area (Å²) in [6, 6.07) is 3.87. The summed E-state index contributed by atoms with van der Waals surface area (Å²) in [6.45, 7) is 8.41. The Morgan fingerprint density at radius 2 is 1.67 bits per heavy atom. The van der Waals surface area contributed by atoms with Crippen LogP contribution in [0.5, 0.6) is 0 Å². The molecule has 3 nitrogen and oxygen atoms in total. The number of benzene rings is 1. The van der Waals surface area contributed by atoms with Crippen molar-refractivity contribution in [2.45, 2.75) is 38.7 Å². The number of esters is 1. The molecule has 1 N–H and O–H groups in total. The largest absolute Gasteiger partial charge is 0.457 e. The Morgan fingerprint density at radius 1 is 1.19 bits per heavy atom. The van der Waals surface area contributed by atoms with Crippen molar-refractivity contribution >= 4 is 5.97 Å². The molecule has 21 heavy (non-hydrogen) atoms. The summed E-state index contributed by atoms with van der Waals surface area (Å²) in [5.74, 6) is -0.796. The van der Waals surface area contributed by atoms with Gasteiger partial charge in [0, 0.05) is 0 Å². The third kappa shape index (κ3) is 4.90. The summed E-state index contributed by atoms with van der Waals surface area (Å²) in [4.78, 5) is 11.7. The van der Waals surface area contributed by atoms with Crippen LogP contribution in [0.15, 0.2) is 36.4 Å². The molecule has 0 heterocycles. The molecule has 1 aromatic rings. The van der Waals surface area contributed by atoms with Gasteiger partial charge in [0.05, 0.1) is 11.1 Å². The highest BCUT2D eigenvalue weighted by Crippen LogP contribution is 2.31. The monoisotopic (exact) mass is 302 g/mol. The molecule has 0 aromatic heterocycles. The number of alkyl halides is 3. The summed E-state index contributed by atoms with van der Waals surface area (Å²) in [6.07, 6.45) is -5.87. The minimum absolute atomic E-state index is 0.138. The Kier molecular flexibility index (Phi) is 4.83. The molecule has 1 rings (SSSR count). The molecule has 1 unspecified atom stereocenters. The van der Waals surface area contributed by atoms with Crippen molar-refractivity contribution in [2.75, 3.05) is 0 Å². The molecule has 0 aliphatic heterocycles. The summed E-state index contributed by atoms with van der Waals surface area (Å²) in [5.41, 5.74) is -1.68. The lowest BCUT2D eigenvalue weighted by molar-refractivity contribution is -0.151. The molecule has 0 fully saturated rings. The predicted octanol–water partition coefficient (Wildman–Crippen LogP) is 3.64. The quantitative estimate of drug-likeness (QED) is 0.685. The fraction of sp³-hybridized carbons (Fsp3) is 0.400. The Morgan fingerprint density at radius 3 is 2.05 bits per heavy atom. The van der Waals surface area contributed by atoms with Gasteiger partial charge in [-0.2, -0.15) is 13.2 Å². The smallest absolute Gasteiger partial charge is 0.416 e. The van der Waals surface area contributed by atoms with Crippen LogP contribution in [-0.4, -0.2) is 16.7 Å². The number of rotatable bonds is 3. The second-order valence-electron chi connectivity index (χ2n) is 5.55. The van der Waals surface area contributed by atoms with Crippen LogP contribution in [-0.2, 0) is 15.7 Å². The van der Waals surface area contributed by atoms with Crippen LogP contribution in [0.1, 0.15) is 38.0 Å². The zero-order valence-corrected chi connectivity index (χ0v) is 12.0. The third-order valence-corrected chi connectivity index (χ3v) is 2.54. The number of carbonyl (C=O) groups is 1. The zero-order chi connectivity index (χ0) is 16.4. The van der Waals surface area contributed by atoms with E-state index < -0.39 is 29.4 Å². The normalized spacial score (nSPS) is 13.7. The van der Waals surface area contributed by atoms with Gasteiger partial charge in [0.2, 0.25) is 0 Å². The lowest BCUT2D eigenvalue weighted by atomic mass is 10.0. The molecule has 0 radical (unpaired) electrons. The van der Waals surface area contributed by atoms with E-state index in [4.69, 9.17) is 4.74 Å². The predicted molar refractivity (Wildman–Crippen MR) is 71.4 cm³/mol. The second kappa shape index (κ2) is 5.89. The maximum atomic E-state index is 12.4. The van der Waals surface area contributed by atoms with Crippen LogP contribution in [0, 0.1) is 0 Å². The maximum Gasteiger partial charge on any atom is 0.416 e. The molecule has 0 saturated carbocycles. The van der Waals surface area contributed by atoms with E-state index in [9.17, 15) is 23.1 Å². The average Bonchev–Trinajstić information content (AvgIpc) is 2.34. The van der Waals surface area contributed by atoms with Crippen LogP contribution in [0.3, 0.4) is 0 Å². The molecular formula is C15H17F3O3. The van der Waals surface area contributed by atoms with E-state index in [1.807, 2.05) is 0 Å². The first-order valence-electron chi connectivity index (χ1n) is 6.19. The van der Waals surface area contributed by atoms with Crippen LogP contribution in [0.4, 0.5) is 13.2 Å². The van der Waals surface area contributed by atoms with E-state index >= 15 is 0 Å². The van der Waals surface area contributed by atoms with Gasteiger partial charge in [0.1, 0.15) is 11.7 Å². The fourth-order valence-electron chi connectivity index (χ4n) is 1.51. The molecule has 0 spiro atoms. The van der Waals surface area contributed by atoms with Crippen molar-refractivity contribution in [1.82, 2.24) is 0 Å². The van der Waals surface area contributed by atoms with E-state index in [1.54, 1.807) is 20.8 Å². The molecule has 1 aromatic carbocycles. The van der Waals surface area contributed by atoms with Crippen LogP contribution in [0.2, 0.25) is 0 Å². The highest BCUT2D eigenvalue weighted by molar-refractivity contribution is 5.89. The molecule has 0 aliphatic carbocycles. The Hall–Kier alpha value is -1.82. The van der Waals surface area contributed by atoms with Gasteiger partial charge in [-0.3, -0.25) is 0 Å². The molecule has 0 aliphatic rings. The topological polar surface area (TPSA) is 46.5 Å². The summed E-state index contributed by atoms with van der Waals surface area (Å²) in [7, 11) is 0. The summed E-state index contributed by atoms with van der Waals surface area (Å²) < 4.78 is 42.4. The summed E-state index contributed by atoms with van der Waals surface area (Å²) >= 11 is 0. The number of ether oxygens (including phenoxy) is 1. The van der Waals surface area contributed by atoms with E-state index in [1.165, 1.54) is 0 Å². The SMILES string of the molecule is C=C(C(=O)OC(C)(C)C)C(O)c1ccc(C(F)(F)F)cc1. The van der Waals surface area contributed by atoms with E-state index in [0.717, 1.165) is 24.3 Å². The van der Waals surface area contributed by atoms with Crippen LogP contribution in [0.25, 0.3) is 0 Å². The maximum absolute atomic E-state index is 12.4. The second-order valence-corrected chi connectivity index (χ2v) is 5.55. The van der Waals surface area contributed by atoms with Gasteiger partial charge in [0.15, 0.2) is 0 Å². The molecule has 0 amide bonds. The lowest BCUT2D eigenvalue weighted by Crippen LogP contribution is -2.26. The van der Waals surface area contributed by atoms with Crippen molar-refractivity contribution in [3.63, 3.8) is 0 Å². The van der Waals surface area contributed by atoms with Gasteiger partial charge in [-0.25, -0.2) is 4.79 Å². The van der Waals surface area contributed by atoms with Gasteiger partial charge in [0.25, 0.3) is 0 Å². The number of carbonyl (C=O) groups excluding carboxylic acids is 1. The molecule has 6 heteroatoms. The van der Waals surface area contributed by atoms with Gasteiger partial charge in [-0.1, -0.05) is 18.7 Å². The Bertz CT molecular complexity index is 525. The average molecular weight is 302 g/mol. The van der Waals surface area contributed by atoms with Gasteiger partial charge < -0.3 is 9.84 Å². The first-order chi connectivity index (χ1) is 9.42. The molecule has 116 valence electrons. The Labute approximate surface area is 121 Å². The van der Waals surface area contributed by atoms with Crippen molar-refractivity contribution in [3.05, 3.63) is 47.5 Å². The summed E-state index contributed by atoms with van der Waals surface area (Å²) in [5, 5.41) is 9.97. The van der Waals surface area contributed by atoms with E-state index in [2.05, 4.69) is 6.58 Å². The molecule has 0 saturated heterocycles. The standard InChI is InChI=1S/C15H17F3O3/c1-9(13(20)21-14(2,3)4)12(19)10-5-7-11(8-6-10)15(16,17)18/h5-8,12,19H,1H2,2-4H3. The lowest BCUT2D eigenvalue weighted by Gasteiger charge is -2.22. The minimum Gasteiger partial charge on any atom is -0.457 e. The van der Waals surface area contributed by atoms with Gasteiger partial charge in [-0.15, -0.1) is 0 Å². The number of hydrogen-bond donors (Lipinski definition) is 1. The minimum atomic E-state index is -4.45. The van der Waals surface area contributed by atoms with Crippen LogP contribution < -0.4 is 0 Å². The Balaban J connectivity index is 2.86. The van der Waals surface area contributed by atoms with Gasteiger partial charge >= 0.3 is 12.1 Å². The number of halogens is 3. The fourth-order valence-corrected chi connectivity index (χ4v) is 1.51. The molecular weight excluding hydrogens is 285 g/mol. The molecule has 0 bridgehead atoms.